The van der Waals surface area contributed by atoms with Gasteiger partial charge in [-0.15, -0.1) is 0 Å². The van der Waals surface area contributed by atoms with E-state index in [2.05, 4.69) is 24.8 Å². The lowest BCUT2D eigenvalue weighted by Crippen LogP contribution is -2.08. The second kappa shape index (κ2) is 6.65. The van der Waals surface area contributed by atoms with Gasteiger partial charge in [0.05, 0.1) is 12.5 Å². The third-order valence-corrected chi connectivity index (χ3v) is 3.88. The zero-order valence-corrected chi connectivity index (χ0v) is 13.3. The van der Waals surface area contributed by atoms with Crippen LogP contribution in [0.5, 0.6) is 0 Å². The summed E-state index contributed by atoms with van der Waals surface area (Å²) in [6.45, 7) is 4.01. The van der Waals surface area contributed by atoms with Crippen LogP contribution < -0.4 is 5.32 Å². The topological polar surface area (TPSA) is 76.7 Å². The third kappa shape index (κ3) is 3.48. The number of aryl methyl sites for hydroxylation is 1. The fraction of sp³-hybridized carbons (Fsp3) is 0.333. The lowest BCUT2D eigenvalue weighted by molar-refractivity contribution is 0.378. The van der Waals surface area contributed by atoms with Gasteiger partial charge in [0, 0.05) is 18.0 Å². The quantitative estimate of drug-likeness (QED) is 0.752. The van der Waals surface area contributed by atoms with E-state index in [1.807, 2.05) is 44.2 Å². The van der Waals surface area contributed by atoms with E-state index in [0.717, 1.165) is 22.9 Å². The van der Waals surface area contributed by atoms with E-state index in [-0.39, 0.29) is 6.04 Å². The first-order valence-electron chi connectivity index (χ1n) is 7.20. The third-order valence-electron chi connectivity index (χ3n) is 3.19. The summed E-state index contributed by atoms with van der Waals surface area (Å²) in [6.07, 6.45) is 1.47. The molecule has 6 nitrogen and oxygen atoms in total. The van der Waals surface area contributed by atoms with Gasteiger partial charge < -0.3 is 9.84 Å². The molecule has 22 heavy (non-hydrogen) atoms. The molecule has 2 aromatic heterocycles. The molecule has 0 radical (unpaired) electrons. The first kappa shape index (κ1) is 14.6. The number of nitrogens with one attached hydrogen (secondary N) is 1. The predicted molar refractivity (Wildman–Crippen MR) is 84.9 cm³/mol. The van der Waals surface area contributed by atoms with Crippen molar-refractivity contribution in [1.82, 2.24) is 19.5 Å². The molecule has 3 rings (SSSR count). The van der Waals surface area contributed by atoms with Crippen molar-refractivity contribution in [2.75, 3.05) is 5.32 Å². The minimum absolute atomic E-state index is 0.0778. The van der Waals surface area contributed by atoms with Crippen molar-refractivity contribution < 1.29 is 4.52 Å². The maximum absolute atomic E-state index is 5.32. The molecule has 0 fully saturated rings. The first-order chi connectivity index (χ1) is 10.7. The van der Waals surface area contributed by atoms with Gasteiger partial charge in [0.15, 0.2) is 5.82 Å². The predicted octanol–water partition coefficient (Wildman–Crippen LogP) is 3.25. The molecule has 7 heteroatoms. The summed E-state index contributed by atoms with van der Waals surface area (Å²) in [4.78, 5) is 8.82. The van der Waals surface area contributed by atoms with Crippen molar-refractivity contribution in [3.05, 3.63) is 53.4 Å². The molecule has 1 N–H and O–H groups in total. The van der Waals surface area contributed by atoms with Gasteiger partial charge >= 0.3 is 0 Å². The van der Waals surface area contributed by atoms with Gasteiger partial charge in [-0.3, -0.25) is 0 Å². The molecule has 0 amide bonds. The molecule has 114 valence electrons. The smallest absolute Gasteiger partial charge is 0.231 e. The van der Waals surface area contributed by atoms with E-state index in [1.54, 1.807) is 0 Å². The fourth-order valence-corrected chi connectivity index (χ4v) is 2.73. The molecule has 0 aliphatic rings. The van der Waals surface area contributed by atoms with Crippen LogP contribution >= 0.6 is 11.5 Å². The van der Waals surface area contributed by atoms with Gasteiger partial charge in [-0.25, -0.2) is 4.98 Å². The second-order valence-electron chi connectivity index (χ2n) is 4.94. The van der Waals surface area contributed by atoms with Gasteiger partial charge in [0.1, 0.15) is 5.82 Å². The Morgan fingerprint density at radius 2 is 2.05 bits per heavy atom. The van der Waals surface area contributed by atoms with E-state index >= 15 is 0 Å². The number of rotatable bonds is 6. The summed E-state index contributed by atoms with van der Waals surface area (Å²) in [6, 6.07) is 9.99. The van der Waals surface area contributed by atoms with E-state index in [4.69, 9.17) is 4.52 Å². The number of hydrogen-bond acceptors (Lipinski definition) is 7. The number of aromatic nitrogens is 4. The van der Waals surface area contributed by atoms with Crippen molar-refractivity contribution in [2.45, 2.75) is 32.7 Å². The maximum atomic E-state index is 5.32. The van der Waals surface area contributed by atoms with Gasteiger partial charge in [-0.1, -0.05) is 42.4 Å². The van der Waals surface area contributed by atoms with Crippen LogP contribution in [-0.4, -0.2) is 19.5 Å². The zero-order chi connectivity index (χ0) is 15.4. The molecule has 1 atom stereocenters. The van der Waals surface area contributed by atoms with Gasteiger partial charge in [-0.2, -0.15) is 9.36 Å². The molecule has 0 bridgehead atoms. The highest BCUT2D eigenvalue weighted by Gasteiger charge is 2.15. The molecule has 3 aromatic rings. The van der Waals surface area contributed by atoms with Crippen molar-refractivity contribution in [2.24, 2.45) is 0 Å². The molecular formula is C15H17N5OS. The number of benzene rings is 1. The summed E-state index contributed by atoms with van der Waals surface area (Å²) < 4.78 is 9.57. The highest BCUT2D eigenvalue weighted by Crippen LogP contribution is 2.19. The normalized spacial score (nSPS) is 12.3. The summed E-state index contributed by atoms with van der Waals surface area (Å²) in [5, 5.41) is 8.07. The average molecular weight is 315 g/mol. The maximum Gasteiger partial charge on any atom is 0.231 e. The van der Waals surface area contributed by atoms with Crippen LogP contribution in [0.3, 0.4) is 0 Å². The Labute approximate surface area is 132 Å². The van der Waals surface area contributed by atoms with Crippen molar-refractivity contribution >= 4 is 16.7 Å². The summed E-state index contributed by atoms with van der Waals surface area (Å²) in [5.74, 6) is 2.08. The van der Waals surface area contributed by atoms with E-state index in [0.29, 0.717) is 18.1 Å². The minimum atomic E-state index is -0.0778. The zero-order valence-electron chi connectivity index (χ0n) is 12.5. The standard InChI is InChI=1S/C15H17N5OS/c1-3-12-17-15(22-20-12)16-10(2)14-18-13(21-19-14)9-11-7-5-4-6-8-11/h4-8,10H,3,9H2,1-2H3,(H,16,17,20). The average Bonchev–Trinajstić information content (AvgIpc) is 3.17. The molecule has 0 spiro atoms. The summed E-state index contributed by atoms with van der Waals surface area (Å²) in [7, 11) is 0. The number of anilines is 1. The molecule has 2 heterocycles. The van der Waals surface area contributed by atoms with Crippen LogP contribution in [-0.2, 0) is 12.8 Å². The van der Waals surface area contributed by atoms with Crippen molar-refractivity contribution in [3.63, 3.8) is 0 Å². The van der Waals surface area contributed by atoms with Gasteiger partial charge in [0.2, 0.25) is 11.0 Å². The Bertz CT molecular complexity index is 724. The lowest BCUT2D eigenvalue weighted by atomic mass is 10.1. The lowest BCUT2D eigenvalue weighted by Gasteiger charge is -2.06. The first-order valence-corrected chi connectivity index (χ1v) is 7.97. The molecule has 1 aromatic carbocycles. The number of hydrogen-bond donors (Lipinski definition) is 1. The fourth-order valence-electron chi connectivity index (χ4n) is 1.99. The van der Waals surface area contributed by atoms with Crippen molar-refractivity contribution in [3.8, 4) is 0 Å². The van der Waals surface area contributed by atoms with E-state index in [9.17, 15) is 0 Å². The van der Waals surface area contributed by atoms with Crippen LogP contribution in [0.2, 0.25) is 0 Å². The van der Waals surface area contributed by atoms with Gasteiger partial charge in [-0.05, 0) is 12.5 Å². The Morgan fingerprint density at radius 1 is 1.23 bits per heavy atom. The van der Waals surface area contributed by atoms with E-state index in [1.165, 1.54) is 11.5 Å². The Hall–Kier alpha value is -2.28. The monoisotopic (exact) mass is 315 g/mol. The highest BCUT2D eigenvalue weighted by molar-refractivity contribution is 7.09. The molecule has 1 unspecified atom stereocenters. The minimum Gasteiger partial charge on any atom is -0.350 e. The Kier molecular flexibility index (Phi) is 4.43. The molecule has 0 saturated heterocycles. The van der Waals surface area contributed by atoms with Crippen molar-refractivity contribution in [1.29, 1.82) is 0 Å². The van der Waals surface area contributed by atoms with Gasteiger partial charge in [0.25, 0.3) is 0 Å². The largest absolute Gasteiger partial charge is 0.350 e. The Balaban J connectivity index is 1.65. The van der Waals surface area contributed by atoms with Crippen LogP contribution in [0.15, 0.2) is 34.9 Å². The molecular weight excluding hydrogens is 298 g/mol. The molecule has 0 aliphatic carbocycles. The number of nitrogens with zero attached hydrogens (tertiary/aromatic N) is 4. The SMILES string of the molecule is CCc1nsc(NC(C)c2noc(Cc3ccccc3)n2)n1. The van der Waals surface area contributed by atoms with Crippen LogP contribution in [0.1, 0.15) is 43.0 Å². The van der Waals surface area contributed by atoms with E-state index < -0.39 is 0 Å². The summed E-state index contributed by atoms with van der Waals surface area (Å²) in [5.41, 5.74) is 1.15. The Morgan fingerprint density at radius 3 is 2.77 bits per heavy atom. The molecule has 0 aliphatic heterocycles. The second-order valence-corrected chi connectivity index (χ2v) is 5.70. The highest BCUT2D eigenvalue weighted by atomic mass is 32.1. The van der Waals surface area contributed by atoms with Crippen LogP contribution in [0, 0.1) is 0 Å². The molecule has 0 saturated carbocycles. The summed E-state index contributed by atoms with van der Waals surface area (Å²) >= 11 is 1.35. The van der Waals surface area contributed by atoms with Crippen LogP contribution in [0.25, 0.3) is 0 Å². The van der Waals surface area contributed by atoms with Crippen LogP contribution in [0.4, 0.5) is 5.13 Å².